The lowest BCUT2D eigenvalue weighted by atomic mass is 10.0. The van der Waals surface area contributed by atoms with Gasteiger partial charge in [-0.15, -0.1) is 0 Å². The minimum Gasteiger partial charge on any atom is -0.493 e. The normalized spacial score (nSPS) is 17.3. The summed E-state index contributed by atoms with van der Waals surface area (Å²) in [5.41, 5.74) is 2.08. The molecule has 1 saturated heterocycles. The number of nitrogens with zero attached hydrogens (tertiary/aromatic N) is 2. The van der Waals surface area contributed by atoms with Gasteiger partial charge in [-0.2, -0.15) is 0 Å². The van der Waals surface area contributed by atoms with Crippen molar-refractivity contribution in [1.29, 1.82) is 0 Å². The second-order valence-corrected chi connectivity index (χ2v) is 7.12. The summed E-state index contributed by atoms with van der Waals surface area (Å²) in [6.45, 7) is 7.25. The van der Waals surface area contributed by atoms with Crippen molar-refractivity contribution in [3.05, 3.63) is 59.9 Å². The van der Waals surface area contributed by atoms with Gasteiger partial charge in [0.05, 0.1) is 19.1 Å². The van der Waals surface area contributed by atoms with E-state index in [4.69, 9.17) is 4.74 Å². The standard InChI is InChI=1S/C21H27N3O2/c1-16(2)15-26-19-7-5-17(6-8-19)12-21(25)24-11-10-23-14-20(24)18-4-3-9-22-13-18/h3-9,13,16,20,23H,10-12,14-15H2,1-2H3. The maximum atomic E-state index is 12.9. The van der Waals surface area contributed by atoms with Crippen LogP contribution >= 0.6 is 0 Å². The van der Waals surface area contributed by atoms with Gasteiger partial charge >= 0.3 is 0 Å². The average Bonchev–Trinajstić information content (AvgIpc) is 2.68. The van der Waals surface area contributed by atoms with E-state index >= 15 is 0 Å². The Labute approximate surface area is 155 Å². The highest BCUT2D eigenvalue weighted by molar-refractivity contribution is 5.79. The zero-order valence-electron chi connectivity index (χ0n) is 15.5. The van der Waals surface area contributed by atoms with E-state index < -0.39 is 0 Å². The summed E-state index contributed by atoms with van der Waals surface area (Å²) in [5, 5.41) is 3.37. The zero-order chi connectivity index (χ0) is 18.4. The molecular formula is C21H27N3O2. The summed E-state index contributed by atoms with van der Waals surface area (Å²) in [6.07, 6.45) is 4.01. The number of ether oxygens (including phenoxy) is 1. The van der Waals surface area contributed by atoms with Crippen LogP contribution in [0.15, 0.2) is 48.8 Å². The number of carbonyl (C=O) groups is 1. The molecule has 1 unspecified atom stereocenters. The number of piperazine rings is 1. The molecule has 138 valence electrons. The first kappa shape index (κ1) is 18.4. The molecule has 1 fully saturated rings. The molecule has 5 heteroatoms. The lowest BCUT2D eigenvalue weighted by Gasteiger charge is -2.36. The summed E-state index contributed by atoms with van der Waals surface area (Å²) >= 11 is 0. The van der Waals surface area contributed by atoms with E-state index in [-0.39, 0.29) is 11.9 Å². The van der Waals surface area contributed by atoms with Gasteiger partial charge in [0, 0.05) is 32.0 Å². The van der Waals surface area contributed by atoms with Crippen molar-refractivity contribution in [3.63, 3.8) is 0 Å². The number of hydrogen-bond donors (Lipinski definition) is 1. The molecule has 5 nitrogen and oxygen atoms in total. The molecule has 1 aliphatic heterocycles. The van der Waals surface area contributed by atoms with Gasteiger partial charge in [-0.3, -0.25) is 9.78 Å². The third kappa shape index (κ3) is 4.82. The molecule has 1 aromatic carbocycles. The Bertz CT molecular complexity index is 701. The molecule has 1 atom stereocenters. The molecule has 0 bridgehead atoms. The van der Waals surface area contributed by atoms with Crippen molar-refractivity contribution in [2.45, 2.75) is 26.3 Å². The number of nitrogens with one attached hydrogen (secondary N) is 1. The highest BCUT2D eigenvalue weighted by Gasteiger charge is 2.27. The Morgan fingerprint density at radius 1 is 1.31 bits per heavy atom. The molecule has 26 heavy (non-hydrogen) atoms. The van der Waals surface area contributed by atoms with Crippen molar-refractivity contribution >= 4 is 5.91 Å². The smallest absolute Gasteiger partial charge is 0.227 e. The van der Waals surface area contributed by atoms with Crippen LogP contribution in [-0.4, -0.2) is 42.0 Å². The monoisotopic (exact) mass is 353 g/mol. The van der Waals surface area contributed by atoms with Crippen molar-refractivity contribution < 1.29 is 9.53 Å². The molecule has 3 rings (SSSR count). The summed E-state index contributed by atoms with van der Waals surface area (Å²) in [7, 11) is 0. The SMILES string of the molecule is CC(C)COc1ccc(CC(=O)N2CCNCC2c2cccnc2)cc1. The maximum Gasteiger partial charge on any atom is 0.227 e. The van der Waals surface area contributed by atoms with E-state index in [2.05, 4.69) is 24.1 Å². The second-order valence-electron chi connectivity index (χ2n) is 7.12. The molecule has 0 radical (unpaired) electrons. The Hall–Kier alpha value is -2.40. The predicted octanol–water partition coefficient (Wildman–Crippen LogP) is 2.83. The molecule has 1 amide bonds. The summed E-state index contributed by atoms with van der Waals surface area (Å²) < 4.78 is 5.71. The highest BCUT2D eigenvalue weighted by atomic mass is 16.5. The minimum atomic E-state index is 0.0404. The molecule has 1 aromatic heterocycles. The van der Waals surface area contributed by atoms with Crippen molar-refractivity contribution in [2.75, 3.05) is 26.2 Å². The number of pyridine rings is 1. The van der Waals surface area contributed by atoms with Crippen LogP contribution in [0.3, 0.4) is 0 Å². The van der Waals surface area contributed by atoms with Crippen LogP contribution < -0.4 is 10.1 Å². The fourth-order valence-electron chi connectivity index (χ4n) is 3.12. The van der Waals surface area contributed by atoms with Gasteiger partial charge in [0.2, 0.25) is 5.91 Å². The van der Waals surface area contributed by atoms with E-state index in [1.807, 2.05) is 47.5 Å². The molecule has 0 spiro atoms. The fraction of sp³-hybridized carbons (Fsp3) is 0.429. The van der Waals surface area contributed by atoms with Crippen molar-refractivity contribution in [2.24, 2.45) is 5.92 Å². The molecule has 1 aliphatic rings. The summed E-state index contributed by atoms with van der Waals surface area (Å²) in [5.74, 6) is 1.50. The van der Waals surface area contributed by atoms with E-state index in [0.29, 0.717) is 25.5 Å². The van der Waals surface area contributed by atoms with Crippen LogP contribution in [0.25, 0.3) is 0 Å². The number of hydrogen-bond acceptors (Lipinski definition) is 4. The van der Waals surface area contributed by atoms with Gasteiger partial charge in [0.15, 0.2) is 0 Å². The van der Waals surface area contributed by atoms with Crippen LogP contribution in [0, 0.1) is 5.92 Å². The first-order chi connectivity index (χ1) is 12.6. The van der Waals surface area contributed by atoms with Crippen LogP contribution in [0.2, 0.25) is 0 Å². The van der Waals surface area contributed by atoms with Crippen molar-refractivity contribution in [1.82, 2.24) is 15.2 Å². The first-order valence-corrected chi connectivity index (χ1v) is 9.25. The number of benzene rings is 1. The molecule has 2 heterocycles. The third-order valence-corrected chi connectivity index (χ3v) is 4.49. The second kappa shape index (κ2) is 8.81. The summed E-state index contributed by atoms with van der Waals surface area (Å²) in [4.78, 5) is 19.1. The highest BCUT2D eigenvalue weighted by Crippen LogP contribution is 2.23. The number of rotatable bonds is 6. The Morgan fingerprint density at radius 2 is 2.12 bits per heavy atom. The van der Waals surface area contributed by atoms with Gasteiger partial charge in [0.1, 0.15) is 5.75 Å². The first-order valence-electron chi connectivity index (χ1n) is 9.25. The quantitative estimate of drug-likeness (QED) is 0.868. The van der Waals surface area contributed by atoms with E-state index in [1.165, 1.54) is 0 Å². The summed E-state index contributed by atoms with van der Waals surface area (Å²) in [6, 6.07) is 11.8. The maximum absolute atomic E-state index is 12.9. The zero-order valence-corrected chi connectivity index (χ0v) is 15.5. The van der Waals surface area contributed by atoms with Gasteiger partial charge in [-0.05, 0) is 35.2 Å². The van der Waals surface area contributed by atoms with E-state index in [0.717, 1.165) is 30.0 Å². The van der Waals surface area contributed by atoms with Crippen LogP contribution in [-0.2, 0) is 11.2 Å². The van der Waals surface area contributed by atoms with E-state index in [1.54, 1.807) is 6.20 Å². The lowest BCUT2D eigenvalue weighted by Crippen LogP contribution is -2.49. The third-order valence-electron chi connectivity index (χ3n) is 4.49. The molecule has 1 N–H and O–H groups in total. The predicted molar refractivity (Wildman–Crippen MR) is 102 cm³/mol. The van der Waals surface area contributed by atoms with Crippen LogP contribution in [0.1, 0.15) is 31.0 Å². The molecule has 0 saturated carbocycles. The molecule has 0 aliphatic carbocycles. The Balaban J connectivity index is 1.64. The minimum absolute atomic E-state index is 0.0404. The number of carbonyl (C=O) groups excluding carboxylic acids is 1. The largest absolute Gasteiger partial charge is 0.493 e. The van der Waals surface area contributed by atoms with Gasteiger partial charge in [-0.25, -0.2) is 0 Å². The fourth-order valence-corrected chi connectivity index (χ4v) is 3.12. The lowest BCUT2D eigenvalue weighted by molar-refractivity contribution is -0.133. The van der Waals surface area contributed by atoms with E-state index in [9.17, 15) is 4.79 Å². The van der Waals surface area contributed by atoms with Crippen LogP contribution in [0.4, 0.5) is 0 Å². The Kier molecular flexibility index (Phi) is 6.23. The molecular weight excluding hydrogens is 326 g/mol. The van der Waals surface area contributed by atoms with Crippen molar-refractivity contribution in [3.8, 4) is 5.75 Å². The van der Waals surface area contributed by atoms with Gasteiger partial charge in [0.25, 0.3) is 0 Å². The topological polar surface area (TPSA) is 54.5 Å². The number of aromatic nitrogens is 1. The Morgan fingerprint density at radius 3 is 2.81 bits per heavy atom. The molecule has 2 aromatic rings. The number of amides is 1. The van der Waals surface area contributed by atoms with Gasteiger partial charge in [-0.1, -0.05) is 32.0 Å². The average molecular weight is 353 g/mol. The van der Waals surface area contributed by atoms with Crippen LogP contribution in [0.5, 0.6) is 5.75 Å². The van der Waals surface area contributed by atoms with Gasteiger partial charge < -0.3 is 15.0 Å².